The van der Waals surface area contributed by atoms with Gasteiger partial charge in [0.15, 0.2) is 11.5 Å². The van der Waals surface area contributed by atoms with Crippen LogP contribution < -0.4 is 30.6 Å². The van der Waals surface area contributed by atoms with Crippen LogP contribution in [0, 0.1) is 11.7 Å². The fourth-order valence-electron chi connectivity index (χ4n) is 6.27. The van der Waals surface area contributed by atoms with Crippen molar-refractivity contribution in [3.63, 3.8) is 0 Å². The van der Waals surface area contributed by atoms with Crippen molar-refractivity contribution < 1.29 is 23.5 Å². The van der Waals surface area contributed by atoms with Crippen molar-refractivity contribution in [3.8, 4) is 11.5 Å². The van der Waals surface area contributed by atoms with E-state index in [-0.39, 0.29) is 23.3 Å². The van der Waals surface area contributed by atoms with Crippen molar-refractivity contribution in [2.75, 3.05) is 41.8 Å². The predicted octanol–water partition coefficient (Wildman–Crippen LogP) is 4.89. The highest BCUT2D eigenvalue weighted by Gasteiger charge is 2.35. The zero-order valence-corrected chi connectivity index (χ0v) is 23.2. The second-order valence-corrected chi connectivity index (χ2v) is 11.1. The van der Waals surface area contributed by atoms with Crippen molar-refractivity contribution in [3.05, 3.63) is 112 Å². The maximum atomic E-state index is 13.5. The molecule has 2 amide bonds. The van der Waals surface area contributed by atoms with Gasteiger partial charge in [-0.1, -0.05) is 6.07 Å². The summed E-state index contributed by atoms with van der Waals surface area (Å²) in [6.45, 7) is 2.89. The van der Waals surface area contributed by atoms with E-state index in [0.717, 1.165) is 17.8 Å². The highest BCUT2D eigenvalue weighted by molar-refractivity contribution is 6.09. The van der Waals surface area contributed by atoms with Gasteiger partial charge in [0.05, 0.1) is 11.4 Å². The number of carbonyl (C=O) groups is 2. The summed E-state index contributed by atoms with van der Waals surface area (Å²) < 4.78 is 26.6. The number of aromatic nitrogens is 1. The molecule has 0 saturated carbocycles. The molecule has 3 aromatic carbocycles. The molecule has 10 heteroatoms. The number of hydrogen-bond acceptors (Lipinski definition) is 6. The molecule has 43 heavy (non-hydrogen) atoms. The standard InChI is InChI=1S/C33H29FN4O5/c34-24-7-4-21(5-8-24)32(40)36-26-15-22(33(41)35-25-9-11-29-30(16-25)43-13-12-42-29)6-10-28(26)37-17-20-14-23(19-37)27-2-1-3-31(39)38(27)18-20/h1-11,15-16,20,23H,12-14,17-19H2,(H,35,41)(H,36,40)/t20-,23-/m0/s1. The number of pyridine rings is 1. The first-order valence-corrected chi connectivity index (χ1v) is 14.3. The first-order chi connectivity index (χ1) is 20.9. The molecule has 218 valence electrons. The number of nitrogens with one attached hydrogen (secondary N) is 2. The lowest BCUT2D eigenvalue weighted by molar-refractivity contribution is 0.101. The monoisotopic (exact) mass is 580 g/mol. The van der Waals surface area contributed by atoms with E-state index in [9.17, 15) is 18.8 Å². The molecule has 0 spiro atoms. The average Bonchev–Trinajstić information content (AvgIpc) is 3.01. The van der Waals surface area contributed by atoms with Gasteiger partial charge in [-0.2, -0.15) is 0 Å². The van der Waals surface area contributed by atoms with Crippen LogP contribution in [0.1, 0.15) is 38.7 Å². The Bertz CT molecular complexity index is 1790. The van der Waals surface area contributed by atoms with Gasteiger partial charge in [0, 0.05) is 60.2 Å². The number of rotatable bonds is 5. The number of benzene rings is 3. The minimum atomic E-state index is -0.436. The number of anilines is 3. The van der Waals surface area contributed by atoms with Gasteiger partial charge in [-0.25, -0.2) is 4.39 Å². The van der Waals surface area contributed by atoms with Gasteiger partial charge in [0.1, 0.15) is 19.0 Å². The van der Waals surface area contributed by atoms with E-state index in [4.69, 9.17) is 9.47 Å². The molecule has 3 aliphatic rings. The fourth-order valence-corrected chi connectivity index (χ4v) is 6.27. The minimum absolute atomic E-state index is 0.0151. The SMILES string of the molecule is O=C(Nc1ccc2c(c1)OCCO2)c1ccc(N2C[C@@H]3C[C@@H](C2)c2cccc(=O)n2C3)c(NC(=O)c2ccc(F)cc2)c1. The molecule has 1 aromatic heterocycles. The van der Waals surface area contributed by atoms with E-state index in [0.29, 0.717) is 66.8 Å². The Morgan fingerprint density at radius 3 is 2.40 bits per heavy atom. The molecule has 2 atom stereocenters. The van der Waals surface area contributed by atoms with Crippen LogP contribution in [-0.4, -0.2) is 42.7 Å². The van der Waals surface area contributed by atoms with Crippen LogP contribution in [0.3, 0.4) is 0 Å². The van der Waals surface area contributed by atoms with Gasteiger partial charge >= 0.3 is 0 Å². The fraction of sp³-hybridized carbons (Fsp3) is 0.242. The van der Waals surface area contributed by atoms with E-state index in [2.05, 4.69) is 15.5 Å². The molecular formula is C33H29FN4O5. The molecule has 1 fully saturated rings. The number of nitrogens with zero attached hydrogens (tertiary/aromatic N) is 2. The molecular weight excluding hydrogens is 551 g/mol. The maximum Gasteiger partial charge on any atom is 0.255 e. The van der Waals surface area contributed by atoms with E-state index >= 15 is 0 Å². The van der Waals surface area contributed by atoms with Crippen LogP contribution in [0.2, 0.25) is 0 Å². The Hall–Kier alpha value is -5.12. The van der Waals surface area contributed by atoms with Gasteiger partial charge in [-0.15, -0.1) is 0 Å². The van der Waals surface area contributed by atoms with Gasteiger partial charge in [-0.3, -0.25) is 14.4 Å². The number of hydrogen-bond donors (Lipinski definition) is 2. The Balaban J connectivity index is 1.19. The highest BCUT2D eigenvalue weighted by Crippen LogP contribution is 2.40. The Morgan fingerprint density at radius 1 is 0.791 bits per heavy atom. The predicted molar refractivity (Wildman–Crippen MR) is 160 cm³/mol. The minimum Gasteiger partial charge on any atom is -0.486 e. The number of carbonyl (C=O) groups excluding carboxylic acids is 2. The maximum absolute atomic E-state index is 13.5. The number of piperidine rings is 1. The zero-order chi connectivity index (χ0) is 29.5. The number of amides is 2. The first kappa shape index (κ1) is 26.8. The molecule has 2 N–H and O–H groups in total. The third-order valence-electron chi connectivity index (χ3n) is 8.23. The van der Waals surface area contributed by atoms with Crippen LogP contribution in [0.25, 0.3) is 0 Å². The summed E-state index contributed by atoms with van der Waals surface area (Å²) in [5.74, 6) is 0.383. The number of ether oxygens (including phenoxy) is 2. The van der Waals surface area contributed by atoms with Crippen molar-refractivity contribution in [1.29, 1.82) is 0 Å². The normalized spacial score (nSPS) is 18.4. The molecule has 4 aromatic rings. The molecule has 0 radical (unpaired) electrons. The molecule has 9 nitrogen and oxygen atoms in total. The van der Waals surface area contributed by atoms with Crippen molar-refractivity contribution in [2.24, 2.45) is 5.92 Å². The Labute approximate surface area is 246 Å². The lowest BCUT2D eigenvalue weighted by Gasteiger charge is -2.44. The average molecular weight is 581 g/mol. The summed E-state index contributed by atoms with van der Waals surface area (Å²) in [4.78, 5) is 41.3. The lowest BCUT2D eigenvalue weighted by Crippen LogP contribution is -2.47. The Morgan fingerprint density at radius 2 is 1.56 bits per heavy atom. The topological polar surface area (TPSA) is 102 Å². The van der Waals surface area contributed by atoms with E-state index in [1.807, 2.05) is 16.7 Å². The van der Waals surface area contributed by atoms with E-state index in [1.165, 1.54) is 24.3 Å². The van der Waals surface area contributed by atoms with Gasteiger partial charge in [-0.05, 0) is 73.0 Å². The first-order valence-electron chi connectivity index (χ1n) is 14.3. The quantitative estimate of drug-likeness (QED) is 0.349. The second kappa shape index (κ2) is 10.9. The van der Waals surface area contributed by atoms with Crippen LogP contribution in [0.5, 0.6) is 11.5 Å². The molecule has 3 aliphatic heterocycles. The van der Waals surface area contributed by atoms with Gasteiger partial charge in [0.2, 0.25) is 0 Å². The zero-order valence-electron chi connectivity index (χ0n) is 23.2. The third kappa shape index (κ3) is 5.31. The summed E-state index contributed by atoms with van der Waals surface area (Å²) in [6, 6.07) is 21.2. The molecule has 7 rings (SSSR count). The molecule has 0 aliphatic carbocycles. The highest BCUT2D eigenvalue weighted by atomic mass is 19.1. The third-order valence-corrected chi connectivity index (χ3v) is 8.23. The summed E-state index contributed by atoms with van der Waals surface area (Å²) in [7, 11) is 0. The van der Waals surface area contributed by atoms with Crippen molar-refractivity contribution in [1.82, 2.24) is 4.57 Å². The molecule has 0 unspecified atom stereocenters. The largest absolute Gasteiger partial charge is 0.486 e. The van der Waals surface area contributed by atoms with Crippen molar-refractivity contribution in [2.45, 2.75) is 18.9 Å². The molecule has 4 heterocycles. The molecule has 1 saturated heterocycles. The van der Waals surface area contributed by atoms with E-state index < -0.39 is 11.7 Å². The number of fused-ring (bicyclic) bond motifs is 5. The summed E-state index contributed by atoms with van der Waals surface area (Å²) >= 11 is 0. The second-order valence-electron chi connectivity index (χ2n) is 11.1. The Kier molecular flexibility index (Phi) is 6.81. The number of halogens is 1. The summed E-state index contributed by atoms with van der Waals surface area (Å²) in [5.41, 5.74) is 3.46. The summed E-state index contributed by atoms with van der Waals surface area (Å²) in [5, 5.41) is 5.86. The van der Waals surface area contributed by atoms with Crippen LogP contribution in [0.15, 0.2) is 83.7 Å². The molecule has 2 bridgehead atoms. The van der Waals surface area contributed by atoms with Crippen LogP contribution >= 0.6 is 0 Å². The van der Waals surface area contributed by atoms with Crippen LogP contribution in [-0.2, 0) is 6.54 Å². The summed E-state index contributed by atoms with van der Waals surface area (Å²) in [6.07, 6.45) is 0.979. The van der Waals surface area contributed by atoms with Gasteiger partial charge < -0.3 is 29.6 Å². The van der Waals surface area contributed by atoms with Crippen molar-refractivity contribution >= 4 is 28.9 Å². The van der Waals surface area contributed by atoms with Gasteiger partial charge in [0.25, 0.3) is 17.4 Å². The van der Waals surface area contributed by atoms with E-state index in [1.54, 1.807) is 42.5 Å². The van der Waals surface area contributed by atoms with Crippen LogP contribution in [0.4, 0.5) is 21.5 Å². The lowest BCUT2D eigenvalue weighted by atomic mass is 9.83. The smallest absolute Gasteiger partial charge is 0.255 e.